The molecule has 1 fully saturated rings. The Labute approximate surface area is 164 Å². The maximum Gasteiger partial charge on any atom is 0.220 e. The van der Waals surface area contributed by atoms with Crippen LogP contribution in [-0.4, -0.2) is 50.3 Å². The van der Waals surface area contributed by atoms with E-state index in [1.807, 2.05) is 0 Å². The summed E-state index contributed by atoms with van der Waals surface area (Å²) in [6, 6.07) is 8.50. The number of benzene rings is 1. The molecule has 4 heterocycles. The van der Waals surface area contributed by atoms with E-state index < -0.39 is 0 Å². The van der Waals surface area contributed by atoms with E-state index in [1.165, 1.54) is 27.9 Å². The quantitative estimate of drug-likeness (QED) is 0.721. The molecule has 0 unspecified atom stereocenters. The molecule has 1 aromatic carbocycles. The highest BCUT2D eigenvalue weighted by atomic mass is 16.2. The van der Waals surface area contributed by atoms with E-state index in [0.717, 1.165) is 51.1 Å². The Morgan fingerprint density at radius 3 is 2.75 bits per heavy atom. The Bertz CT molecular complexity index is 1020. The molecule has 1 saturated heterocycles. The number of amides is 1. The second kappa shape index (κ2) is 6.48. The van der Waals surface area contributed by atoms with Gasteiger partial charge in [0.2, 0.25) is 5.91 Å². The largest absolute Gasteiger partial charge is 0.357 e. The zero-order chi connectivity index (χ0) is 19.3. The van der Waals surface area contributed by atoms with Gasteiger partial charge in [0.05, 0.1) is 17.6 Å². The topological polar surface area (TPSA) is 68.0 Å². The first-order valence-corrected chi connectivity index (χ1v) is 10.2. The van der Waals surface area contributed by atoms with Gasteiger partial charge in [-0.05, 0) is 31.4 Å². The molecule has 2 aliphatic rings. The highest BCUT2D eigenvalue weighted by Crippen LogP contribution is 2.42. The summed E-state index contributed by atoms with van der Waals surface area (Å²) in [6.45, 7) is 7.53. The normalized spacial score (nSPS) is 19.3. The van der Waals surface area contributed by atoms with Gasteiger partial charge in [-0.1, -0.05) is 18.2 Å². The molecule has 6 nitrogen and oxygen atoms in total. The summed E-state index contributed by atoms with van der Waals surface area (Å²) in [5.41, 5.74) is 5.90. The van der Waals surface area contributed by atoms with Gasteiger partial charge in [-0.25, -0.2) is 4.98 Å². The van der Waals surface area contributed by atoms with Crippen LogP contribution in [0.4, 0.5) is 0 Å². The number of nitrogens with zero attached hydrogens (tertiary/aromatic N) is 3. The van der Waals surface area contributed by atoms with Crippen LogP contribution < -0.4 is 0 Å². The maximum atomic E-state index is 12.4. The highest BCUT2D eigenvalue weighted by Gasteiger charge is 2.47. The van der Waals surface area contributed by atoms with E-state index in [4.69, 9.17) is 0 Å². The van der Waals surface area contributed by atoms with Crippen molar-refractivity contribution >= 4 is 16.8 Å². The van der Waals surface area contributed by atoms with Crippen molar-refractivity contribution in [1.82, 2.24) is 24.8 Å². The zero-order valence-electron chi connectivity index (χ0n) is 16.6. The van der Waals surface area contributed by atoms with E-state index in [1.54, 1.807) is 13.3 Å². The van der Waals surface area contributed by atoms with Crippen molar-refractivity contribution in [3.63, 3.8) is 0 Å². The van der Waals surface area contributed by atoms with E-state index in [-0.39, 0.29) is 11.4 Å². The van der Waals surface area contributed by atoms with Gasteiger partial charge in [-0.15, -0.1) is 0 Å². The fraction of sp³-hybridized carbons (Fsp3) is 0.455. The molecule has 0 atom stereocenters. The van der Waals surface area contributed by atoms with Crippen molar-refractivity contribution in [3.05, 3.63) is 53.2 Å². The van der Waals surface area contributed by atoms with Gasteiger partial charge >= 0.3 is 0 Å². The SMILES string of the molecule is CC(=O)N1CCc2[nH]cnc2C12CCN(Cc1[nH]c3ccccc3c1C)CC2. The number of carbonyl (C=O) groups is 1. The van der Waals surface area contributed by atoms with Crippen LogP contribution in [0.25, 0.3) is 10.9 Å². The number of hydrogen-bond donors (Lipinski definition) is 2. The Balaban J connectivity index is 1.38. The number of H-pyrrole nitrogens is 2. The minimum absolute atomic E-state index is 0.161. The van der Waals surface area contributed by atoms with Crippen molar-refractivity contribution in [2.24, 2.45) is 0 Å². The van der Waals surface area contributed by atoms with Crippen LogP contribution in [0.1, 0.15) is 42.4 Å². The van der Waals surface area contributed by atoms with E-state index >= 15 is 0 Å². The number of piperidine rings is 1. The average molecular weight is 377 g/mol. The summed E-state index contributed by atoms with van der Waals surface area (Å²) in [5, 5.41) is 1.31. The number of para-hydroxylation sites is 1. The van der Waals surface area contributed by atoms with Crippen molar-refractivity contribution in [3.8, 4) is 0 Å². The Hall–Kier alpha value is -2.60. The summed E-state index contributed by atoms with van der Waals surface area (Å²) >= 11 is 0. The van der Waals surface area contributed by atoms with Gasteiger partial charge in [0.25, 0.3) is 0 Å². The summed E-state index contributed by atoms with van der Waals surface area (Å²) in [7, 11) is 0. The van der Waals surface area contributed by atoms with Crippen molar-refractivity contribution < 1.29 is 4.79 Å². The number of likely N-dealkylation sites (tertiary alicyclic amines) is 1. The molecule has 28 heavy (non-hydrogen) atoms. The Kier molecular flexibility index (Phi) is 4.05. The van der Waals surface area contributed by atoms with Gasteiger partial charge in [0, 0.05) is 61.8 Å². The molecule has 5 rings (SSSR count). The Morgan fingerprint density at radius 2 is 2.00 bits per heavy atom. The highest BCUT2D eigenvalue weighted by molar-refractivity contribution is 5.84. The number of imidazole rings is 1. The minimum atomic E-state index is -0.245. The average Bonchev–Trinajstić information content (AvgIpc) is 3.30. The zero-order valence-corrected chi connectivity index (χ0v) is 16.6. The van der Waals surface area contributed by atoms with Gasteiger partial charge in [0.1, 0.15) is 0 Å². The molecule has 0 saturated carbocycles. The number of aromatic nitrogens is 3. The molecule has 0 bridgehead atoms. The third kappa shape index (κ3) is 2.58. The van der Waals surface area contributed by atoms with Crippen LogP contribution in [-0.2, 0) is 23.3 Å². The molecule has 3 aromatic rings. The van der Waals surface area contributed by atoms with Crippen molar-refractivity contribution in [2.75, 3.05) is 19.6 Å². The molecule has 2 aromatic heterocycles. The summed E-state index contributed by atoms with van der Waals surface area (Å²) in [6.07, 6.45) is 4.53. The fourth-order valence-corrected chi connectivity index (χ4v) is 5.24. The number of fused-ring (bicyclic) bond motifs is 3. The third-order valence-electron chi connectivity index (χ3n) is 6.78. The van der Waals surface area contributed by atoms with E-state index in [2.05, 4.69) is 55.9 Å². The first-order chi connectivity index (χ1) is 13.6. The predicted octanol–water partition coefficient (Wildman–Crippen LogP) is 3.10. The summed E-state index contributed by atoms with van der Waals surface area (Å²) < 4.78 is 0. The summed E-state index contributed by atoms with van der Waals surface area (Å²) in [5.74, 6) is 0.161. The van der Waals surface area contributed by atoms with Crippen LogP contribution in [0.5, 0.6) is 0 Å². The van der Waals surface area contributed by atoms with E-state index in [0.29, 0.717) is 0 Å². The number of nitrogens with one attached hydrogen (secondary N) is 2. The molecule has 2 aliphatic heterocycles. The van der Waals surface area contributed by atoms with Crippen LogP contribution in [0, 0.1) is 6.92 Å². The molecular weight excluding hydrogens is 350 g/mol. The van der Waals surface area contributed by atoms with Gasteiger partial charge < -0.3 is 14.9 Å². The van der Waals surface area contributed by atoms with Gasteiger partial charge in [-0.3, -0.25) is 9.69 Å². The second-order valence-corrected chi connectivity index (χ2v) is 8.23. The van der Waals surface area contributed by atoms with Crippen LogP contribution in [0.2, 0.25) is 0 Å². The summed E-state index contributed by atoms with van der Waals surface area (Å²) in [4.78, 5) is 28.5. The molecule has 1 spiro atoms. The molecule has 0 aliphatic carbocycles. The first kappa shape index (κ1) is 17.5. The monoisotopic (exact) mass is 377 g/mol. The standard InChI is InChI=1S/C22H27N5O/c1-15-17-5-3-4-6-18(17)25-20(15)13-26-11-8-22(9-12-26)21-19(23-14-24-21)7-10-27(22)16(2)28/h3-6,14,25H,7-13H2,1-2H3,(H,23,24). The lowest BCUT2D eigenvalue weighted by Crippen LogP contribution is -2.57. The third-order valence-corrected chi connectivity index (χ3v) is 6.78. The molecule has 2 N–H and O–H groups in total. The number of carbonyl (C=O) groups excluding carboxylic acids is 1. The van der Waals surface area contributed by atoms with E-state index in [9.17, 15) is 4.79 Å². The molecule has 0 radical (unpaired) electrons. The Morgan fingerprint density at radius 1 is 1.21 bits per heavy atom. The second-order valence-electron chi connectivity index (χ2n) is 8.23. The number of hydrogen-bond acceptors (Lipinski definition) is 3. The lowest BCUT2D eigenvalue weighted by Gasteiger charge is -2.50. The van der Waals surface area contributed by atoms with Crippen LogP contribution in [0.3, 0.4) is 0 Å². The molecule has 6 heteroatoms. The minimum Gasteiger partial charge on any atom is -0.357 e. The molecule has 146 valence electrons. The van der Waals surface area contributed by atoms with Gasteiger partial charge in [0.15, 0.2) is 0 Å². The number of rotatable bonds is 2. The van der Waals surface area contributed by atoms with Crippen molar-refractivity contribution in [1.29, 1.82) is 0 Å². The smallest absolute Gasteiger partial charge is 0.220 e. The fourth-order valence-electron chi connectivity index (χ4n) is 5.24. The van der Waals surface area contributed by atoms with Crippen molar-refractivity contribution in [2.45, 2.75) is 45.2 Å². The maximum absolute atomic E-state index is 12.4. The lowest BCUT2D eigenvalue weighted by molar-refractivity contribution is -0.139. The first-order valence-electron chi connectivity index (χ1n) is 10.2. The van der Waals surface area contributed by atoms with Crippen LogP contribution in [0.15, 0.2) is 30.6 Å². The lowest BCUT2D eigenvalue weighted by atomic mass is 9.78. The molecular formula is C22H27N5O. The predicted molar refractivity (Wildman–Crippen MR) is 109 cm³/mol. The molecule has 1 amide bonds. The number of aryl methyl sites for hydroxylation is 1. The van der Waals surface area contributed by atoms with Crippen LogP contribution >= 0.6 is 0 Å². The van der Waals surface area contributed by atoms with Gasteiger partial charge in [-0.2, -0.15) is 0 Å². The number of aromatic amines is 2.